The lowest BCUT2D eigenvalue weighted by Gasteiger charge is -2.18. The summed E-state index contributed by atoms with van der Waals surface area (Å²) in [6.07, 6.45) is 0. The number of hydrogen-bond acceptors (Lipinski definition) is 2. The van der Waals surface area contributed by atoms with Crippen LogP contribution in [0.5, 0.6) is 0 Å². The van der Waals surface area contributed by atoms with Crippen LogP contribution >= 0.6 is 0 Å². The van der Waals surface area contributed by atoms with E-state index in [0.29, 0.717) is 17.3 Å². The first-order valence-electron chi connectivity index (χ1n) is 16.1. The van der Waals surface area contributed by atoms with Gasteiger partial charge in [-0.25, -0.2) is 9.98 Å². The molecule has 0 bridgehead atoms. The number of para-hydroxylation sites is 1. The number of fused-ring (bicyclic) bond motifs is 3. The summed E-state index contributed by atoms with van der Waals surface area (Å²) in [7, 11) is 0. The van der Waals surface area contributed by atoms with Gasteiger partial charge >= 0.3 is 0 Å². The molecule has 0 atom stereocenters. The van der Waals surface area contributed by atoms with Crippen LogP contribution in [0.3, 0.4) is 0 Å². The van der Waals surface area contributed by atoms with Crippen LogP contribution in [0.2, 0.25) is 0 Å². The van der Waals surface area contributed by atoms with Crippen LogP contribution in [-0.4, -0.2) is 11.5 Å². The quantitative estimate of drug-likeness (QED) is 0.104. The van der Waals surface area contributed by atoms with Gasteiger partial charge in [0.05, 0.1) is 0 Å². The molecule has 228 valence electrons. The SMILES string of the molecule is C=C(/N=C(\N=C(/C)c1ccccc1)c1ccc(-c2c3ccccc3c(-c3ccccc3)c3ccccc23)cc1)c1cc2ccccc2o1. The normalized spacial score (nSPS) is 12.2. The Bertz CT molecular complexity index is 2410. The summed E-state index contributed by atoms with van der Waals surface area (Å²) < 4.78 is 6.10. The van der Waals surface area contributed by atoms with Gasteiger partial charge in [0.2, 0.25) is 0 Å². The molecular formula is C45H32N2O. The molecule has 0 radical (unpaired) electrons. The molecule has 7 aromatic carbocycles. The lowest BCUT2D eigenvalue weighted by Crippen LogP contribution is -2.04. The second-order valence-electron chi connectivity index (χ2n) is 11.9. The maximum absolute atomic E-state index is 6.10. The summed E-state index contributed by atoms with van der Waals surface area (Å²) >= 11 is 0. The van der Waals surface area contributed by atoms with Gasteiger partial charge in [0.1, 0.15) is 11.3 Å². The Balaban J connectivity index is 1.26. The Morgan fingerprint density at radius 3 is 1.58 bits per heavy atom. The molecule has 8 aromatic rings. The molecule has 0 N–H and O–H groups in total. The molecule has 0 aliphatic heterocycles. The average Bonchev–Trinajstić information content (AvgIpc) is 3.59. The van der Waals surface area contributed by atoms with Gasteiger partial charge in [-0.1, -0.05) is 158 Å². The molecule has 0 aliphatic carbocycles. The van der Waals surface area contributed by atoms with Crippen molar-refractivity contribution in [2.75, 3.05) is 0 Å². The molecule has 3 heteroatoms. The van der Waals surface area contributed by atoms with Crippen molar-refractivity contribution in [3.8, 4) is 22.3 Å². The van der Waals surface area contributed by atoms with Crippen molar-refractivity contribution in [3.05, 3.63) is 187 Å². The minimum Gasteiger partial charge on any atom is -0.454 e. The first-order chi connectivity index (χ1) is 23.6. The van der Waals surface area contributed by atoms with Gasteiger partial charge in [-0.3, -0.25) is 0 Å². The molecule has 0 spiro atoms. The fourth-order valence-corrected chi connectivity index (χ4v) is 6.51. The van der Waals surface area contributed by atoms with Crippen LogP contribution in [0.25, 0.3) is 60.5 Å². The van der Waals surface area contributed by atoms with Crippen LogP contribution < -0.4 is 0 Å². The number of aliphatic imine (C=N–C) groups is 2. The number of furan rings is 1. The molecular weight excluding hydrogens is 585 g/mol. The molecule has 0 amide bonds. The Kier molecular flexibility index (Phi) is 7.56. The standard InChI is InChI=1S/C45H32N2O/c1-30(32-15-5-3-6-16-32)46-45(47-31(2)42-29-36-19-9-14-24-41(36)48-42)35-27-25-34(26-28-35)44-39-22-12-10-20-37(39)43(33-17-7-4-8-18-33)38-21-11-13-23-40(38)44/h3-29H,2H2,1H3/b46-30+,47-45-. The van der Waals surface area contributed by atoms with E-state index in [1.807, 2.05) is 55.5 Å². The highest BCUT2D eigenvalue weighted by molar-refractivity contribution is 6.21. The number of amidine groups is 1. The summed E-state index contributed by atoms with van der Waals surface area (Å²) in [5.74, 6) is 1.19. The van der Waals surface area contributed by atoms with E-state index in [-0.39, 0.29) is 0 Å². The first-order valence-corrected chi connectivity index (χ1v) is 16.1. The summed E-state index contributed by atoms with van der Waals surface area (Å²) in [6, 6.07) is 56.7. The molecule has 0 saturated heterocycles. The van der Waals surface area contributed by atoms with Crippen LogP contribution in [0.1, 0.15) is 23.8 Å². The molecule has 8 rings (SSSR count). The van der Waals surface area contributed by atoms with Crippen LogP contribution in [0.4, 0.5) is 0 Å². The molecule has 48 heavy (non-hydrogen) atoms. The summed E-state index contributed by atoms with van der Waals surface area (Å²) in [5, 5.41) is 5.90. The first kappa shape index (κ1) is 29.1. The number of nitrogens with zero attached hydrogens (tertiary/aromatic N) is 2. The van der Waals surface area contributed by atoms with Crippen LogP contribution in [0.15, 0.2) is 185 Å². The molecule has 3 nitrogen and oxygen atoms in total. The fourth-order valence-electron chi connectivity index (χ4n) is 6.51. The fraction of sp³-hybridized carbons (Fsp3) is 0.0222. The Morgan fingerprint density at radius 2 is 1.00 bits per heavy atom. The van der Waals surface area contributed by atoms with Crippen LogP contribution in [-0.2, 0) is 0 Å². The van der Waals surface area contributed by atoms with Gasteiger partial charge in [0.15, 0.2) is 11.6 Å². The topological polar surface area (TPSA) is 37.9 Å². The lowest BCUT2D eigenvalue weighted by molar-refractivity contribution is 0.599. The summed E-state index contributed by atoms with van der Waals surface area (Å²) in [4.78, 5) is 10.0. The van der Waals surface area contributed by atoms with Gasteiger partial charge in [-0.15, -0.1) is 0 Å². The Hall–Kier alpha value is -6.32. The Labute approximate surface area is 279 Å². The van der Waals surface area contributed by atoms with Crippen molar-refractivity contribution in [3.63, 3.8) is 0 Å². The minimum atomic E-state index is 0.517. The van der Waals surface area contributed by atoms with Gasteiger partial charge in [-0.05, 0) is 68.4 Å². The molecule has 0 saturated carbocycles. The van der Waals surface area contributed by atoms with Crippen LogP contribution in [0, 0.1) is 0 Å². The molecule has 1 heterocycles. The highest BCUT2D eigenvalue weighted by atomic mass is 16.3. The van der Waals surface area contributed by atoms with E-state index in [1.54, 1.807) is 0 Å². The van der Waals surface area contributed by atoms with Crippen molar-refractivity contribution in [2.45, 2.75) is 6.92 Å². The second kappa shape index (κ2) is 12.5. The van der Waals surface area contributed by atoms with Gasteiger partial charge in [0.25, 0.3) is 0 Å². The van der Waals surface area contributed by atoms with E-state index < -0.39 is 0 Å². The van der Waals surface area contributed by atoms with Crippen molar-refractivity contribution >= 4 is 49.8 Å². The van der Waals surface area contributed by atoms with E-state index in [9.17, 15) is 0 Å². The third kappa shape index (κ3) is 5.42. The Morgan fingerprint density at radius 1 is 0.500 bits per heavy atom. The van der Waals surface area contributed by atoms with E-state index in [4.69, 9.17) is 14.4 Å². The van der Waals surface area contributed by atoms with Crippen molar-refractivity contribution in [1.29, 1.82) is 0 Å². The summed E-state index contributed by atoms with van der Waals surface area (Å²) in [6.45, 7) is 6.29. The maximum Gasteiger partial charge on any atom is 0.160 e. The zero-order chi connectivity index (χ0) is 32.5. The van der Waals surface area contributed by atoms with Gasteiger partial charge in [0, 0.05) is 16.7 Å². The molecule has 1 aromatic heterocycles. The lowest BCUT2D eigenvalue weighted by atomic mass is 9.86. The minimum absolute atomic E-state index is 0.517. The third-order valence-electron chi connectivity index (χ3n) is 8.84. The monoisotopic (exact) mass is 616 g/mol. The highest BCUT2D eigenvalue weighted by Gasteiger charge is 2.17. The zero-order valence-electron chi connectivity index (χ0n) is 26.6. The number of hydrogen-bond donors (Lipinski definition) is 0. The van der Waals surface area contributed by atoms with Gasteiger partial charge in [-0.2, -0.15) is 0 Å². The van der Waals surface area contributed by atoms with Crippen molar-refractivity contribution in [2.24, 2.45) is 9.98 Å². The van der Waals surface area contributed by atoms with Gasteiger partial charge < -0.3 is 4.42 Å². The van der Waals surface area contributed by atoms with E-state index in [1.165, 1.54) is 38.2 Å². The summed E-state index contributed by atoms with van der Waals surface area (Å²) in [5.41, 5.74) is 8.92. The van der Waals surface area contributed by atoms with E-state index in [2.05, 4.69) is 122 Å². The predicted octanol–water partition coefficient (Wildman–Crippen LogP) is 12.0. The average molecular weight is 617 g/mol. The number of benzene rings is 7. The predicted molar refractivity (Wildman–Crippen MR) is 203 cm³/mol. The second-order valence-corrected chi connectivity index (χ2v) is 11.9. The highest BCUT2D eigenvalue weighted by Crippen LogP contribution is 2.43. The van der Waals surface area contributed by atoms with E-state index in [0.717, 1.165) is 33.4 Å². The molecule has 0 unspecified atom stereocenters. The largest absolute Gasteiger partial charge is 0.454 e. The maximum atomic E-state index is 6.10. The zero-order valence-corrected chi connectivity index (χ0v) is 26.6. The smallest absolute Gasteiger partial charge is 0.160 e. The van der Waals surface area contributed by atoms with Crippen molar-refractivity contribution in [1.82, 2.24) is 0 Å². The van der Waals surface area contributed by atoms with E-state index >= 15 is 0 Å². The third-order valence-corrected chi connectivity index (χ3v) is 8.84. The number of rotatable bonds is 6. The molecule has 0 aliphatic rings. The van der Waals surface area contributed by atoms with Crippen molar-refractivity contribution < 1.29 is 4.42 Å². The molecule has 0 fully saturated rings.